The van der Waals surface area contributed by atoms with Crippen molar-refractivity contribution in [3.8, 4) is 11.5 Å². The number of ether oxygens (including phenoxy) is 2. The normalized spacial score (nSPS) is 16.1. The Kier molecular flexibility index (Phi) is 5.99. The van der Waals surface area contributed by atoms with Crippen LogP contribution in [0.1, 0.15) is 37.6 Å². The maximum Gasteiger partial charge on any atom is 0.191 e. The first-order chi connectivity index (χ1) is 12.7. The summed E-state index contributed by atoms with van der Waals surface area (Å²) in [6.07, 6.45) is 2.68. The van der Waals surface area contributed by atoms with Crippen LogP contribution in [0, 0.1) is 0 Å². The first kappa shape index (κ1) is 18.1. The number of aliphatic imine (C=N–C) groups is 1. The van der Waals surface area contributed by atoms with Crippen LogP contribution in [0.15, 0.2) is 34.0 Å². The fourth-order valence-corrected chi connectivity index (χ4v) is 2.90. The van der Waals surface area contributed by atoms with Crippen LogP contribution in [0.2, 0.25) is 0 Å². The van der Waals surface area contributed by atoms with Gasteiger partial charge in [-0.2, -0.15) is 0 Å². The molecule has 0 radical (unpaired) electrons. The van der Waals surface area contributed by atoms with Crippen LogP contribution in [0.3, 0.4) is 0 Å². The highest BCUT2D eigenvalue weighted by Gasteiger charge is 2.21. The number of guanidine groups is 1. The Morgan fingerprint density at radius 3 is 2.96 bits per heavy atom. The van der Waals surface area contributed by atoms with Gasteiger partial charge in [0, 0.05) is 30.2 Å². The fraction of sp³-hybridized carbons (Fsp3) is 0.474. The van der Waals surface area contributed by atoms with Crippen molar-refractivity contribution in [1.82, 2.24) is 15.8 Å². The van der Waals surface area contributed by atoms with Crippen LogP contribution in [0.25, 0.3) is 0 Å². The highest BCUT2D eigenvalue weighted by atomic mass is 16.5. The molecule has 2 heterocycles. The van der Waals surface area contributed by atoms with Gasteiger partial charge in [0.2, 0.25) is 0 Å². The molecule has 1 unspecified atom stereocenters. The molecule has 2 aromatic rings. The zero-order chi connectivity index (χ0) is 18.4. The van der Waals surface area contributed by atoms with Gasteiger partial charge < -0.3 is 24.6 Å². The van der Waals surface area contributed by atoms with Crippen LogP contribution in [0.4, 0.5) is 0 Å². The van der Waals surface area contributed by atoms with Gasteiger partial charge in [-0.25, -0.2) is 4.99 Å². The molecule has 7 heteroatoms. The van der Waals surface area contributed by atoms with Crippen LogP contribution >= 0.6 is 0 Å². The van der Waals surface area contributed by atoms with Crippen molar-refractivity contribution in [2.75, 3.05) is 13.2 Å². The highest BCUT2D eigenvalue weighted by Crippen LogP contribution is 2.35. The molecular weight excluding hydrogens is 332 g/mol. The topological polar surface area (TPSA) is 80.9 Å². The average Bonchev–Trinajstić information content (AvgIpc) is 3.25. The minimum atomic E-state index is 0.208. The number of rotatable bonds is 7. The number of hydrogen-bond donors (Lipinski definition) is 2. The summed E-state index contributed by atoms with van der Waals surface area (Å²) in [5.41, 5.74) is 3.04. The van der Waals surface area contributed by atoms with Gasteiger partial charge in [0.15, 0.2) is 5.96 Å². The second-order valence-electron chi connectivity index (χ2n) is 6.17. The molecule has 0 spiro atoms. The maximum absolute atomic E-state index is 5.88. The summed E-state index contributed by atoms with van der Waals surface area (Å²) in [4.78, 5) is 4.67. The molecular formula is C19H26N4O3. The first-order valence-corrected chi connectivity index (χ1v) is 9.06. The summed E-state index contributed by atoms with van der Waals surface area (Å²) in [6.45, 7) is 8.53. The lowest BCUT2D eigenvalue weighted by atomic mass is 10.1. The van der Waals surface area contributed by atoms with Crippen molar-refractivity contribution in [2.45, 2.75) is 46.4 Å². The number of benzene rings is 1. The molecule has 2 N–H and O–H groups in total. The summed E-state index contributed by atoms with van der Waals surface area (Å²) >= 11 is 0. The predicted molar refractivity (Wildman–Crippen MR) is 99.6 cm³/mol. The number of nitrogens with zero attached hydrogens (tertiary/aromatic N) is 2. The number of fused-ring (bicyclic) bond motifs is 1. The van der Waals surface area contributed by atoms with Crippen molar-refractivity contribution in [2.24, 2.45) is 4.99 Å². The second-order valence-corrected chi connectivity index (χ2v) is 6.17. The van der Waals surface area contributed by atoms with Crippen molar-refractivity contribution < 1.29 is 14.0 Å². The van der Waals surface area contributed by atoms with Gasteiger partial charge in [-0.05, 0) is 32.9 Å². The average molecular weight is 358 g/mol. The minimum absolute atomic E-state index is 0.208. The standard InChI is InChI=1S/C19H26N4O3/c1-4-20-19(22-12-16-6-7-25-23-16)21-11-15-10-18-14(8-13(3)26-18)9-17(15)24-5-2/h6-7,9-10,13H,4-5,8,11-12H2,1-3H3,(H2,20,21,22). The third-order valence-corrected chi connectivity index (χ3v) is 4.06. The van der Waals surface area contributed by atoms with E-state index in [0.29, 0.717) is 25.7 Å². The van der Waals surface area contributed by atoms with E-state index in [2.05, 4.69) is 39.8 Å². The van der Waals surface area contributed by atoms with Gasteiger partial charge in [-0.1, -0.05) is 5.16 Å². The third kappa shape index (κ3) is 4.47. The third-order valence-electron chi connectivity index (χ3n) is 4.06. The molecule has 26 heavy (non-hydrogen) atoms. The summed E-state index contributed by atoms with van der Waals surface area (Å²) in [5, 5.41) is 10.4. The molecule has 0 bridgehead atoms. The predicted octanol–water partition coefficient (Wildman–Crippen LogP) is 2.65. The monoisotopic (exact) mass is 358 g/mol. The van der Waals surface area contributed by atoms with E-state index >= 15 is 0 Å². The fourth-order valence-electron chi connectivity index (χ4n) is 2.90. The van der Waals surface area contributed by atoms with Crippen LogP contribution in [-0.2, 0) is 19.5 Å². The Morgan fingerprint density at radius 1 is 1.35 bits per heavy atom. The van der Waals surface area contributed by atoms with Gasteiger partial charge in [-0.3, -0.25) is 0 Å². The quantitative estimate of drug-likeness (QED) is 0.585. The summed E-state index contributed by atoms with van der Waals surface area (Å²) < 4.78 is 16.5. The van der Waals surface area contributed by atoms with Crippen molar-refractivity contribution in [1.29, 1.82) is 0 Å². The van der Waals surface area contributed by atoms with Gasteiger partial charge in [0.25, 0.3) is 0 Å². The lowest BCUT2D eigenvalue weighted by Crippen LogP contribution is -2.36. The van der Waals surface area contributed by atoms with E-state index in [1.807, 2.05) is 19.9 Å². The molecule has 0 aliphatic carbocycles. The SMILES string of the molecule is CCNC(=NCc1cc2c(cc1OCC)CC(C)O2)NCc1ccon1. The van der Waals surface area contributed by atoms with E-state index in [9.17, 15) is 0 Å². The Hall–Kier alpha value is -2.70. The molecule has 0 saturated carbocycles. The van der Waals surface area contributed by atoms with E-state index in [1.54, 1.807) is 6.26 Å². The lowest BCUT2D eigenvalue weighted by molar-refractivity contribution is 0.254. The maximum atomic E-state index is 5.88. The highest BCUT2D eigenvalue weighted by molar-refractivity contribution is 5.79. The Labute approximate surface area is 153 Å². The van der Waals surface area contributed by atoms with Crippen molar-refractivity contribution in [3.05, 3.63) is 41.3 Å². The molecule has 0 fully saturated rings. The zero-order valence-electron chi connectivity index (χ0n) is 15.5. The number of aromatic nitrogens is 1. The molecule has 7 nitrogen and oxygen atoms in total. The van der Waals surface area contributed by atoms with E-state index in [0.717, 1.165) is 35.7 Å². The molecule has 1 aliphatic heterocycles. The molecule has 3 rings (SSSR count). The van der Waals surface area contributed by atoms with E-state index in [1.165, 1.54) is 5.56 Å². The molecule has 1 aliphatic rings. The van der Waals surface area contributed by atoms with E-state index in [4.69, 9.17) is 14.0 Å². The Morgan fingerprint density at radius 2 is 2.23 bits per heavy atom. The molecule has 1 atom stereocenters. The Bertz CT molecular complexity index is 743. The summed E-state index contributed by atoms with van der Waals surface area (Å²) in [7, 11) is 0. The molecule has 1 aromatic carbocycles. The number of nitrogens with one attached hydrogen (secondary N) is 2. The minimum Gasteiger partial charge on any atom is -0.494 e. The molecule has 0 saturated heterocycles. The van der Waals surface area contributed by atoms with Crippen LogP contribution in [-0.4, -0.2) is 30.4 Å². The van der Waals surface area contributed by atoms with Gasteiger partial charge >= 0.3 is 0 Å². The first-order valence-electron chi connectivity index (χ1n) is 9.06. The van der Waals surface area contributed by atoms with Crippen molar-refractivity contribution >= 4 is 5.96 Å². The van der Waals surface area contributed by atoms with Crippen LogP contribution < -0.4 is 20.1 Å². The largest absolute Gasteiger partial charge is 0.494 e. The summed E-state index contributed by atoms with van der Waals surface area (Å²) in [6, 6.07) is 5.96. The van der Waals surface area contributed by atoms with Crippen molar-refractivity contribution in [3.63, 3.8) is 0 Å². The lowest BCUT2D eigenvalue weighted by Gasteiger charge is -2.13. The van der Waals surface area contributed by atoms with E-state index in [-0.39, 0.29) is 6.10 Å². The zero-order valence-corrected chi connectivity index (χ0v) is 15.5. The molecule has 0 amide bonds. The molecule has 1 aromatic heterocycles. The molecule has 140 valence electrons. The van der Waals surface area contributed by atoms with Gasteiger partial charge in [0.05, 0.1) is 19.7 Å². The Balaban J connectivity index is 1.74. The number of hydrogen-bond acceptors (Lipinski definition) is 5. The van der Waals surface area contributed by atoms with Crippen LogP contribution in [0.5, 0.6) is 11.5 Å². The van der Waals surface area contributed by atoms with Gasteiger partial charge in [-0.15, -0.1) is 0 Å². The smallest absolute Gasteiger partial charge is 0.191 e. The van der Waals surface area contributed by atoms with E-state index < -0.39 is 0 Å². The second kappa shape index (κ2) is 8.60. The summed E-state index contributed by atoms with van der Waals surface area (Å²) in [5.74, 6) is 2.53. The van der Waals surface area contributed by atoms with Gasteiger partial charge in [0.1, 0.15) is 29.6 Å².